The molecule has 2 aromatic rings. The number of ether oxygens (including phenoxy) is 2. The monoisotopic (exact) mass is 492 g/mol. The highest BCUT2D eigenvalue weighted by molar-refractivity contribution is 8.04. The minimum absolute atomic E-state index is 0.0409. The lowest BCUT2D eigenvalue weighted by Crippen LogP contribution is -2.54. The Morgan fingerprint density at radius 1 is 1.11 bits per heavy atom. The van der Waals surface area contributed by atoms with Gasteiger partial charge in [-0.1, -0.05) is 48.7 Å². The number of carbonyl (C=O) groups is 2. The summed E-state index contributed by atoms with van der Waals surface area (Å²) in [7, 11) is 0. The fourth-order valence-electron chi connectivity index (χ4n) is 5.03. The van der Waals surface area contributed by atoms with Crippen LogP contribution in [0.3, 0.4) is 0 Å². The molecule has 2 aromatic carbocycles. The number of nitrogens with one attached hydrogen (secondary N) is 1. The molecule has 1 saturated heterocycles. The number of hydrogen-bond acceptors (Lipinski definition) is 5. The zero-order chi connectivity index (χ0) is 24.4. The van der Waals surface area contributed by atoms with Crippen LogP contribution in [0, 0.1) is 6.92 Å². The second kappa shape index (κ2) is 10.4. The van der Waals surface area contributed by atoms with E-state index in [0.29, 0.717) is 24.2 Å². The first-order valence-corrected chi connectivity index (χ1v) is 13.3. The Balaban J connectivity index is 1.30. The molecule has 6 nitrogen and oxygen atoms in total. The van der Waals surface area contributed by atoms with Gasteiger partial charge in [-0.2, -0.15) is 0 Å². The molecule has 1 saturated carbocycles. The largest absolute Gasteiger partial charge is 0.486 e. The first kappa shape index (κ1) is 23.8. The molecule has 2 fully saturated rings. The predicted octanol–water partition coefficient (Wildman–Crippen LogP) is 4.87. The van der Waals surface area contributed by atoms with Crippen molar-refractivity contribution in [2.24, 2.45) is 0 Å². The van der Waals surface area contributed by atoms with Crippen LogP contribution in [-0.4, -0.2) is 47.8 Å². The molecule has 5 rings (SSSR count). The fraction of sp³-hybridized carbons (Fsp3) is 0.429. The Kier molecular flexibility index (Phi) is 7.04. The normalized spacial score (nSPS) is 23.5. The highest BCUT2D eigenvalue weighted by atomic mass is 32.2. The summed E-state index contributed by atoms with van der Waals surface area (Å²) >= 11 is 1.69. The summed E-state index contributed by atoms with van der Waals surface area (Å²) in [6.07, 6.45) is 6.25. The standard InChI is InChI=1S/C28H32N2O4S/c1-18-7-9-20(10-8-18)15-26-28(32)30(22-5-3-4-6-25(22)35-26)17-27(31)29-19(2)21-11-12-23-24(16-21)34-14-13-33-23/h7-12,15-16,19,22,25H,3-6,13-14,17H2,1-2H3,(H,29,31)/b26-15-. The molecule has 0 spiro atoms. The Bertz CT molecular complexity index is 1130. The Morgan fingerprint density at radius 3 is 2.66 bits per heavy atom. The van der Waals surface area contributed by atoms with Gasteiger partial charge < -0.3 is 19.7 Å². The molecule has 1 aliphatic carbocycles. The molecule has 2 aliphatic heterocycles. The lowest BCUT2D eigenvalue weighted by Gasteiger charge is -2.44. The van der Waals surface area contributed by atoms with Crippen LogP contribution < -0.4 is 14.8 Å². The van der Waals surface area contributed by atoms with Gasteiger partial charge >= 0.3 is 0 Å². The van der Waals surface area contributed by atoms with Crippen molar-refractivity contribution in [2.45, 2.75) is 56.9 Å². The van der Waals surface area contributed by atoms with E-state index in [2.05, 4.69) is 24.4 Å². The second-order valence-corrected chi connectivity index (χ2v) is 10.8. The van der Waals surface area contributed by atoms with Crippen molar-refractivity contribution < 1.29 is 19.1 Å². The predicted molar refractivity (Wildman–Crippen MR) is 138 cm³/mol. The van der Waals surface area contributed by atoms with E-state index < -0.39 is 0 Å². The number of hydrogen-bond donors (Lipinski definition) is 1. The third-order valence-corrected chi connectivity index (χ3v) is 8.35. The van der Waals surface area contributed by atoms with E-state index in [1.165, 1.54) is 12.0 Å². The second-order valence-electron chi connectivity index (χ2n) is 9.55. The maximum absolute atomic E-state index is 13.5. The van der Waals surface area contributed by atoms with Gasteiger partial charge in [-0.3, -0.25) is 9.59 Å². The van der Waals surface area contributed by atoms with Crippen LogP contribution in [-0.2, 0) is 9.59 Å². The van der Waals surface area contributed by atoms with Crippen molar-refractivity contribution in [1.82, 2.24) is 10.2 Å². The third kappa shape index (κ3) is 5.35. The molecule has 3 unspecified atom stereocenters. The summed E-state index contributed by atoms with van der Waals surface area (Å²) in [6.45, 7) is 5.14. The number of nitrogens with zero attached hydrogens (tertiary/aromatic N) is 1. The molecule has 3 atom stereocenters. The molecule has 0 aromatic heterocycles. The van der Waals surface area contributed by atoms with Crippen LogP contribution in [0.5, 0.6) is 11.5 Å². The zero-order valence-corrected chi connectivity index (χ0v) is 21.1. The minimum atomic E-state index is -0.211. The van der Waals surface area contributed by atoms with Crippen molar-refractivity contribution >= 4 is 29.7 Å². The SMILES string of the molecule is Cc1ccc(/C=C2\SC3CCCCC3N(CC(=O)NC(C)c3ccc4c(c3)OCCO4)C2=O)cc1. The van der Waals surface area contributed by atoms with Crippen molar-refractivity contribution in [2.75, 3.05) is 19.8 Å². The molecule has 3 aliphatic rings. The Labute approximate surface area is 211 Å². The van der Waals surface area contributed by atoms with Crippen LogP contribution in [0.15, 0.2) is 47.4 Å². The molecule has 1 N–H and O–H groups in total. The number of amides is 2. The van der Waals surface area contributed by atoms with Crippen molar-refractivity contribution in [3.8, 4) is 11.5 Å². The van der Waals surface area contributed by atoms with E-state index in [-0.39, 0.29) is 30.4 Å². The maximum atomic E-state index is 13.5. The third-order valence-electron chi connectivity index (χ3n) is 6.95. The van der Waals surface area contributed by atoms with E-state index >= 15 is 0 Å². The lowest BCUT2D eigenvalue weighted by molar-refractivity contribution is -0.135. The first-order chi connectivity index (χ1) is 17.0. The molecule has 35 heavy (non-hydrogen) atoms. The van der Waals surface area contributed by atoms with Crippen LogP contribution in [0.25, 0.3) is 6.08 Å². The van der Waals surface area contributed by atoms with Crippen LogP contribution in [0.4, 0.5) is 0 Å². The van der Waals surface area contributed by atoms with Crippen LogP contribution in [0.2, 0.25) is 0 Å². The van der Waals surface area contributed by atoms with E-state index in [1.807, 2.05) is 48.2 Å². The minimum Gasteiger partial charge on any atom is -0.486 e. The first-order valence-electron chi connectivity index (χ1n) is 12.4. The van der Waals surface area contributed by atoms with Crippen LogP contribution in [0.1, 0.15) is 55.3 Å². The fourth-order valence-corrected chi connectivity index (χ4v) is 6.50. The Hall–Kier alpha value is -2.93. The van der Waals surface area contributed by atoms with E-state index in [9.17, 15) is 9.59 Å². The molecule has 0 radical (unpaired) electrons. The van der Waals surface area contributed by atoms with E-state index in [0.717, 1.165) is 41.0 Å². The molecule has 7 heteroatoms. The highest BCUT2D eigenvalue weighted by Crippen LogP contribution is 2.42. The molecule has 2 heterocycles. The molecular weight excluding hydrogens is 460 g/mol. The van der Waals surface area contributed by atoms with Gasteiger partial charge in [-0.25, -0.2) is 0 Å². The van der Waals surface area contributed by atoms with Gasteiger partial charge in [0.05, 0.1) is 10.9 Å². The summed E-state index contributed by atoms with van der Waals surface area (Å²) in [5, 5.41) is 3.42. The molecule has 0 bridgehead atoms. The molecule has 2 amide bonds. The van der Waals surface area contributed by atoms with Gasteiger partial charge in [0, 0.05) is 11.3 Å². The van der Waals surface area contributed by atoms with Crippen molar-refractivity contribution in [3.05, 3.63) is 64.1 Å². The van der Waals surface area contributed by atoms with Gasteiger partial charge in [0.15, 0.2) is 11.5 Å². The lowest BCUT2D eigenvalue weighted by atomic mass is 9.93. The number of fused-ring (bicyclic) bond motifs is 2. The van der Waals surface area contributed by atoms with Gasteiger partial charge in [0.25, 0.3) is 5.91 Å². The summed E-state index contributed by atoms with van der Waals surface area (Å²) in [4.78, 5) is 29.2. The average molecular weight is 493 g/mol. The van der Waals surface area contributed by atoms with Gasteiger partial charge in [-0.15, -0.1) is 11.8 Å². The van der Waals surface area contributed by atoms with Crippen molar-refractivity contribution in [3.63, 3.8) is 0 Å². The summed E-state index contributed by atoms with van der Waals surface area (Å²) in [5.74, 6) is 1.24. The summed E-state index contributed by atoms with van der Waals surface area (Å²) < 4.78 is 11.3. The van der Waals surface area contributed by atoms with Gasteiger partial charge in [-0.05, 0) is 56.0 Å². The molecular formula is C28H32N2O4S. The average Bonchev–Trinajstić information content (AvgIpc) is 2.87. The maximum Gasteiger partial charge on any atom is 0.261 e. The summed E-state index contributed by atoms with van der Waals surface area (Å²) in [6, 6.07) is 13.8. The number of carbonyl (C=O) groups excluding carboxylic acids is 2. The number of rotatable bonds is 5. The van der Waals surface area contributed by atoms with Gasteiger partial charge in [0.1, 0.15) is 19.8 Å². The zero-order valence-electron chi connectivity index (χ0n) is 20.3. The number of aryl methyl sites for hydroxylation is 1. The molecule has 184 valence electrons. The van der Waals surface area contributed by atoms with E-state index in [1.54, 1.807) is 11.8 Å². The van der Waals surface area contributed by atoms with Gasteiger partial charge in [0.2, 0.25) is 5.91 Å². The topological polar surface area (TPSA) is 67.9 Å². The number of benzene rings is 2. The van der Waals surface area contributed by atoms with Crippen molar-refractivity contribution in [1.29, 1.82) is 0 Å². The Morgan fingerprint density at radius 2 is 1.86 bits per heavy atom. The number of thioether (sulfide) groups is 1. The summed E-state index contributed by atoms with van der Waals surface area (Å²) in [5.41, 5.74) is 3.14. The smallest absolute Gasteiger partial charge is 0.261 e. The van der Waals surface area contributed by atoms with Crippen LogP contribution >= 0.6 is 11.8 Å². The highest BCUT2D eigenvalue weighted by Gasteiger charge is 2.41. The quantitative estimate of drug-likeness (QED) is 0.603. The van der Waals surface area contributed by atoms with E-state index in [4.69, 9.17) is 9.47 Å².